The average Bonchev–Trinajstić information content (AvgIpc) is 3.31. The zero-order chi connectivity index (χ0) is 30.3. The summed E-state index contributed by atoms with van der Waals surface area (Å²) in [4.78, 5) is 58.6. The summed E-state index contributed by atoms with van der Waals surface area (Å²) >= 11 is 4.84. The minimum atomic E-state index is -5.20. The molecule has 9 N–H and O–H groups in total. The lowest BCUT2D eigenvalue weighted by atomic mass is 10.1. The van der Waals surface area contributed by atoms with E-state index in [2.05, 4.69) is 14.5 Å². The van der Waals surface area contributed by atoms with Gasteiger partial charge in [0.15, 0.2) is 12.5 Å². The zero-order valence-corrected chi connectivity index (χ0v) is 23.0. The van der Waals surface area contributed by atoms with Crippen LogP contribution < -0.4 is 17.1 Å². The van der Waals surface area contributed by atoms with Crippen LogP contribution in [-0.4, -0.2) is 98.9 Å². The quantitative estimate of drug-likeness (QED) is 0.0958. The standard InChI is InChI=1S/C18H25N5O15P2S/c19-9-1-3-22(17(27)20-9)16-13(26)14(8(37-16)6-34-39(29,30)31)38-40(32,33)35-5-7-11(24)12(25)15(36-7)23-4-2-10(41)21-18(23)28/h1-4,7-8,11-16,24-26H,5-6H2,(H,32,33)(H2,19,20,27)(H,21,28,41)(H2,29,30,31)/t7-,8-,11-,12-,13-,14-,15-,16-/m1/s1. The van der Waals surface area contributed by atoms with E-state index >= 15 is 0 Å². The number of aliphatic hydroxyl groups excluding tert-OH is 3. The van der Waals surface area contributed by atoms with Crippen LogP contribution in [-0.2, 0) is 32.2 Å². The number of aliphatic hydroxyl groups is 3. The van der Waals surface area contributed by atoms with Gasteiger partial charge in [-0.3, -0.25) is 27.7 Å². The van der Waals surface area contributed by atoms with Crippen molar-refractivity contribution in [3.63, 3.8) is 0 Å². The number of ether oxygens (including phenoxy) is 2. The molecule has 0 bridgehead atoms. The molecule has 2 aliphatic heterocycles. The Bertz CT molecular complexity index is 1530. The Balaban J connectivity index is 1.48. The first-order chi connectivity index (χ1) is 19.1. The third kappa shape index (κ3) is 7.42. The van der Waals surface area contributed by atoms with Crippen molar-refractivity contribution in [3.8, 4) is 0 Å². The molecule has 2 aliphatic rings. The number of nitrogen functional groups attached to an aromatic ring is 1. The fourth-order valence-electron chi connectivity index (χ4n) is 4.08. The lowest BCUT2D eigenvalue weighted by Crippen LogP contribution is -2.38. The van der Waals surface area contributed by atoms with Crippen molar-refractivity contribution in [2.45, 2.75) is 49.1 Å². The maximum atomic E-state index is 12.8. The Morgan fingerprint density at radius 2 is 1.56 bits per heavy atom. The summed E-state index contributed by atoms with van der Waals surface area (Å²) in [6.07, 6.45) is -11.0. The van der Waals surface area contributed by atoms with Crippen LogP contribution in [0.5, 0.6) is 0 Å². The van der Waals surface area contributed by atoms with Gasteiger partial charge in [-0.25, -0.2) is 18.7 Å². The molecule has 0 spiro atoms. The number of nitrogens with one attached hydrogen (secondary N) is 1. The van der Waals surface area contributed by atoms with Crippen LogP contribution >= 0.6 is 27.9 Å². The fraction of sp³-hybridized carbons (Fsp3) is 0.556. The van der Waals surface area contributed by atoms with E-state index in [0.717, 1.165) is 15.3 Å². The molecule has 4 rings (SSSR count). The van der Waals surface area contributed by atoms with E-state index < -0.39 is 89.3 Å². The van der Waals surface area contributed by atoms with Crippen LogP contribution in [0.2, 0.25) is 0 Å². The highest BCUT2D eigenvalue weighted by atomic mass is 32.1. The molecule has 23 heteroatoms. The zero-order valence-electron chi connectivity index (χ0n) is 20.4. The number of hydrogen-bond donors (Lipinski definition) is 8. The van der Waals surface area contributed by atoms with Crippen molar-refractivity contribution in [2.75, 3.05) is 18.9 Å². The first-order valence-electron chi connectivity index (χ1n) is 11.4. The van der Waals surface area contributed by atoms with Gasteiger partial charge >= 0.3 is 27.0 Å². The van der Waals surface area contributed by atoms with Crippen LogP contribution in [0.25, 0.3) is 0 Å². The van der Waals surface area contributed by atoms with Gasteiger partial charge in [0, 0.05) is 12.4 Å². The second kappa shape index (κ2) is 12.2. The fourth-order valence-corrected chi connectivity index (χ4v) is 5.53. The smallest absolute Gasteiger partial charge is 0.387 e. The van der Waals surface area contributed by atoms with Crippen molar-refractivity contribution >= 4 is 33.7 Å². The predicted octanol–water partition coefficient (Wildman–Crippen LogP) is -2.77. The third-order valence-corrected chi connectivity index (χ3v) is 7.67. The largest absolute Gasteiger partial charge is 0.472 e. The second-order valence-electron chi connectivity index (χ2n) is 8.78. The predicted molar refractivity (Wildman–Crippen MR) is 133 cm³/mol. The summed E-state index contributed by atoms with van der Waals surface area (Å²) < 4.78 is 50.9. The molecule has 4 heterocycles. The van der Waals surface area contributed by atoms with E-state index in [4.69, 9.17) is 46.3 Å². The molecule has 0 aromatic carbocycles. The van der Waals surface area contributed by atoms with Gasteiger partial charge in [0.05, 0.1) is 13.2 Å². The highest BCUT2D eigenvalue weighted by Crippen LogP contribution is 2.49. The van der Waals surface area contributed by atoms with E-state index in [1.165, 1.54) is 18.3 Å². The minimum Gasteiger partial charge on any atom is -0.387 e. The number of aromatic amines is 1. The number of rotatable bonds is 10. The molecule has 0 amide bonds. The molecule has 0 saturated carbocycles. The normalized spacial score (nSPS) is 31.8. The van der Waals surface area contributed by atoms with Crippen LogP contribution in [0.1, 0.15) is 12.5 Å². The highest BCUT2D eigenvalue weighted by Gasteiger charge is 2.51. The lowest BCUT2D eigenvalue weighted by Gasteiger charge is -2.24. The van der Waals surface area contributed by atoms with Gasteiger partial charge in [-0.15, -0.1) is 0 Å². The average molecular weight is 645 g/mol. The van der Waals surface area contributed by atoms with Gasteiger partial charge in [0.25, 0.3) is 0 Å². The summed E-state index contributed by atoms with van der Waals surface area (Å²) in [5, 5.41) is 31.5. The molecule has 20 nitrogen and oxygen atoms in total. The van der Waals surface area contributed by atoms with Gasteiger partial charge in [0.2, 0.25) is 0 Å². The molecule has 2 fully saturated rings. The van der Waals surface area contributed by atoms with Crippen molar-refractivity contribution in [1.29, 1.82) is 0 Å². The Hall–Kier alpha value is -2.20. The van der Waals surface area contributed by atoms with Crippen molar-refractivity contribution in [3.05, 3.63) is 50.1 Å². The maximum Gasteiger partial charge on any atom is 0.472 e. The first-order valence-corrected chi connectivity index (χ1v) is 14.9. The number of H-pyrrole nitrogens is 1. The van der Waals surface area contributed by atoms with Crippen LogP contribution in [0.15, 0.2) is 34.1 Å². The Morgan fingerprint density at radius 3 is 2.20 bits per heavy atom. The van der Waals surface area contributed by atoms with Crippen molar-refractivity contribution in [2.24, 2.45) is 0 Å². The van der Waals surface area contributed by atoms with Crippen LogP contribution in [0, 0.1) is 4.64 Å². The van der Waals surface area contributed by atoms with Gasteiger partial charge in [0.1, 0.15) is 47.1 Å². The van der Waals surface area contributed by atoms with Crippen molar-refractivity contribution < 1.29 is 62.2 Å². The number of aromatic nitrogens is 4. The number of anilines is 1. The monoisotopic (exact) mass is 645 g/mol. The van der Waals surface area contributed by atoms with Gasteiger partial charge in [-0.1, -0.05) is 12.2 Å². The van der Waals surface area contributed by atoms with E-state index in [9.17, 15) is 38.9 Å². The van der Waals surface area contributed by atoms with E-state index in [1.54, 1.807) is 0 Å². The van der Waals surface area contributed by atoms with E-state index in [1.807, 2.05) is 0 Å². The number of phosphoric ester groups is 2. The van der Waals surface area contributed by atoms with Gasteiger partial charge < -0.3 is 45.2 Å². The SMILES string of the molecule is Nc1ccn([C@@H]2O[C@H](COP(=O)(O)O)[C@@H](OP(=O)(O)OC[C@H]3O[C@@H](n4ccc(=S)[nH]c4=O)[C@H](O)[C@@H]3O)[C@H]2O)c(=O)n1. The first kappa shape index (κ1) is 31.7. The molecule has 41 heavy (non-hydrogen) atoms. The Kier molecular flexibility index (Phi) is 9.43. The summed E-state index contributed by atoms with van der Waals surface area (Å²) in [7, 11) is -10.3. The molecule has 2 saturated heterocycles. The number of nitrogens with two attached hydrogens (primary N) is 1. The number of phosphoric acid groups is 2. The topological polar surface area (TPSA) is 300 Å². The highest BCUT2D eigenvalue weighted by molar-refractivity contribution is 7.71. The number of hydrogen-bond acceptors (Lipinski definition) is 15. The molecule has 2 aromatic heterocycles. The second-order valence-corrected chi connectivity index (χ2v) is 11.9. The van der Waals surface area contributed by atoms with E-state index in [0.29, 0.717) is 0 Å². The Morgan fingerprint density at radius 1 is 0.951 bits per heavy atom. The molecular weight excluding hydrogens is 620 g/mol. The Labute approximate surface area is 233 Å². The molecular formula is C18H25N5O15P2S. The summed E-state index contributed by atoms with van der Waals surface area (Å²) in [5.41, 5.74) is 3.68. The van der Waals surface area contributed by atoms with Crippen LogP contribution in [0.3, 0.4) is 0 Å². The molecule has 1 unspecified atom stereocenters. The van der Waals surface area contributed by atoms with Crippen molar-refractivity contribution in [1.82, 2.24) is 19.1 Å². The molecule has 9 atom stereocenters. The minimum absolute atomic E-state index is 0.0971. The number of nitrogens with zero attached hydrogens (tertiary/aromatic N) is 3. The molecule has 0 aliphatic carbocycles. The molecule has 228 valence electrons. The lowest BCUT2D eigenvalue weighted by molar-refractivity contribution is -0.0611. The van der Waals surface area contributed by atoms with Gasteiger partial charge in [-0.2, -0.15) is 4.98 Å². The van der Waals surface area contributed by atoms with E-state index in [-0.39, 0.29) is 10.5 Å². The van der Waals surface area contributed by atoms with Crippen LogP contribution in [0.4, 0.5) is 5.82 Å². The molecule has 0 radical (unpaired) electrons. The molecule has 2 aromatic rings. The summed E-state index contributed by atoms with van der Waals surface area (Å²) in [5.74, 6) is -0.162. The maximum absolute atomic E-state index is 12.8. The van der Waals surface area contributed by atoms with Gasteiger partial charge in [-0.05, 0) is 12.1 Å². The summed E-state index contributed by atoms with van der Waals surface area (Å²) in [6.45, 7) is -1.84. The third-order valence-electron chi connectivity index (χ3n) is 5.96. The summed E-state index contributed by atoms with van der Waals surface area (Å²) in [6, 6.07) is 2.50.